The third-order valence-corrected chi connectivity index (χ3v) is 5.50. The minimum Gasteiger partial charge on any atom is -0.372 e. The number of hydrogen-bond acceptors (Lipinski definition) is 3. The second-order valence-corrected chi connectivity index (χ2v) is 7.69. The van der Waals surface area contributed by atoms with Crippen molar-refractivity contribution in [3.05, 3.63) is 59.1 Å². The number of hydrogen-bond donors (Lipinski definition) is 1. The summed E-state index contributed by atoms with van der Waals surface area (Å²) in [6.45, 7) is 2.26. The molecule has 1 aliphatic rings. The van der Waals surface area contributed by atoms with E-state index in [1.807, 2.05) is 36.4 Å². The largest absolute Gasteiger partial charge is 0.372 e. The van der Waals surface area contributed by atoms with Crippen molar-refractivity contribution in [3.63, 3.8) is 0 Å². The van der Waals surface area contributed by atoms with Crippen molar-refractivity contribution >= 4 is 40.6 Å². The van der Waals surface area contributed by atoms with Gasteiger partial charge in [-0.25, -0.2) is 0 Å². The number of anilines is 2. The van der Waals surface area contributed by atoms with Gasteiger partial charge in [0.05, 0.1) is 5.75 Å². The molecule has 2 aromatic carbocycles. The highest BCUT2D eigenvalue weighted by atomic mass is 35.5. The van der Waals surface area contributed by atoms with Gasteiger partial charge in [-0.3, -0.25) is 4.79 Å². The number of piperidine rings is 1. The lowest BCUT2D eigenvalue weighted by atomic mass is 10.1. The lowest BCUT2D eigenvalue weighted by Crippen LogP contribution is -2.29. The number of rotatable bonds is 6. The highest BCUT2D eigenvalue weighted by Crippen LogP contribution is 2.22. The first-order valence-corrected chi connectivity index (χ1v) is 10.2. The number of benzene rings is 2. The second kappa shape index (κ2) is 9.16. The third kappa shape index (κ3) is 5.68. The van der Waals surface area contributed by atoms with Crippen LogP contribution in [0.3, 0.4) is 0 Å². The Labute approximate surface area is 158 Å². The zero-order chi connectivity index (χ0) is 17.5. The van der Waals surface area contributed by atoms with Gasteiger partial charge in [0, 0.05) is 35.2 Å². The van der Waals surface area contributed by atoms with Crippen LogP contribution in [0.25, 0.3) is 0 Å². The standard InChI is InChI=1S/C20H23ClN2OS/c21-17-6-4-5-16(13-17)14-25-15-20(24)22-18-7-9-19(10-8-18)23-11-2-1-3-12-23/h4-10,13H,1-3,11-12,14-15H2,(H,22,24). The van der Waals surface area contributed by atoms with Crippen molar-refractivity contribution in [2.75, 3.05) is 29.1 Å². The fourth-order valence-electron chi connectivity index (χ4n) is 2.99. The Kier molecular flexibility index (Phi) is 6.65. The van der Waals surface area contributed by atoms with Crippen LogP contribution < -0.4 is 10.2 Å². The Morgan fingerprint density at radius 3 is 2.56 bits per heavy atom. The zero-order valence-corrected chi connectivity index (χ0v) is 15.8. The molecular formula is C20H23ClN2OS. The molecule has 0 unspecified atom stereocenters. The van der Waals surface area contributed by atoms with E-state index in [-0.39, 0.29) is 5.91 Å². The summed E-state index contributed by atoms with van der Waals surface area (Å²) in [5, 5.41) is 3.70. The van der Waals surface area contributed by atoms with Gasteiger partial charge in [0.2, 0.25) is 5.91 Å². The molecule has 0 spiro atoms. The molecule has 1 amide bonds. The molecule has 0 radical (unpaired) electrons. The maximum Gasteiger partial charge on any atom is 0.234 e. The van der Waals surface area contributed by atoms with Crippen molar-refractivity contribution in [2.24, 2.45) is 0 Å². The van der Waals surface area contributed by atoms with Gasteiger partial charge in [0.25, 0.3) is 0 Å². The lowest BCUT2D eigenvalue weighted by molar-refractivity contribution is -0.113. The SMILES string of the molecule is O=C(CSCc1cccc(Cl)c1)Nc1ccc(N2CCCCC2)cc1. The van der Waals surface area contributed by atoms with Crippen molar-refractivity contribution < 1.29 is 4.79 Å². The molecule has 3 nitrogen and oxygen atoms in total. The van der Waals surface area contributed by atoms with E-state index < -0.39 is 0 Å². The van der Waals surface area contributed by atoms with Gasteiger partial charge in [-0.1, -0.05) is 23.7 Å². The van der Waals surface area contributed by atoms with Crippen LogP contribution in [-0.2, 0) is 10.5 Å². The van der Waals surface area contributed by atoms with E-state index in [0.29, 0.717) is 5.75 Å². The number of carbonyl (C=O) groups is 1. The van der Waals surface area contributed by atoms with Crippen LogP contribution in [0.5, 0.6) is 0 Å². The first-order valence-electron chi connectivity index (χ1n) is 8.68. The minimum absolute atomic E-state index is 0.0257. The van der Waals surface area contributed by atoms with Gasteiger partial charge in [-0.2, -0.15) is 0 Å². The molecule has 1 N–H and O–H groups in total. The number of nitrogens with zero attached hydrogens (tertiary/aromatic N) is 1. The molecule has 0 saturated carbocycles. The summed E-state index contributed by atoms with van der Waals surface area (Å²) in [6, 6.07) is 15.9. The van der Waals surface area contributed by atoms with Gasteiger partial charge >= 0.3 is 0 Å². The number of halogens is 1. The van der Waals surface area contributed by atoms with Crippen molar-refractivity contribution in [1.82, 2.24) is 0 Å². The van der Waals surface area contributed by atoms with Crippen LogP contribution in [0.1, 0.15) is 24.8 Å². The van der Waals surface area contributed by atoms with Crippen molar-refractivity contribution in [3.8, 4) is 0 Å². The topological polar surface area (TPSA) is 32.3 Å². The minimum atomic E-state index is 0.0257. The van der Waals surface area contributed by atoms with Gasteiger partial charge < -0.3 is 10.2 Å². The summed E-state index contributed by atoms with van der Waals surface area (Å²) < 4.78 is 0. The van der Waals surface area contributed by atoms with Crippen LogP contribution >= 0.6 is 23.4 Å². The first-order chi connectivity index (χ1) is 12.2. The number of carbonyl (C=O) groups excluding carboxylic acids is 1. The van der Waals surface area contributed by atoms with Crippen LogP contribution in [0.4, 0.5) is 11.4 Å². The van der Waals surface area contributed by atoms with Gasteiger partial charge in [0.1, 0.15) is 0 Å². The molecule has 1 fully saturated rings. The Morgan fingerprint density at radius 2 is 1.84 bits per heavy atom. The van der Waals surface area contributed by atoms with Crippen LogP contribution in [0, 0.1) is 0 Å². The summed E-state index contributed by atoms with van der Waals surface area (Å²) in [4.78, 5) is 14.5. The average molecular weight is 375 g/mol. The third-order valence-electron chi connectivity index (χ3n) is 4.26. The molecule has 1 aliphatic heterocycles. The Bertz CT molecular complexity index is 699. The van der Waals surface area contributed by atoms with Crippen molar-refractivity contribution in [1.29, 1.82) is 0 Å². The maximum absolute atomic E-state index is 12.1. The zero-order valence-electron chi connectivity index (χ0n) is 14.2. The highest BCUT2D eigenvalue weighted by molar-refractivity contribution is 7.99. The molecule has 0 aromatic heterocycles. The predicted molar refractivity (Wildman–Crippen MR) is 109 cm³/mol. The maximum atomic E-state index is 12.1. The molecule has 0 atom stereocenters. The van der Waals surface area contributed by atoms with Crippen molar-refractivity contribution in [2.45, 2.75) is 25.0 Å². The second-order valence-electron chi connectivity index (χ2n) is 6.27. The fraction of sp³-hybridized carbons (Fsp3) is 0.350. The molecule has 5 heteroatoms. The summed E-state index contributed by atoms with van der Waals surface area (Å²) in [7, 11) is 0. The molecule has 1 saturated heterocycles. The van der Waals surface area contributed by atoms with Gasteiger partial charge in [-0.15, -0.1) is 11.8 Å². The van der Waals surface area contributed by atoms with E-state index in [9.17, 15) is 4.79 Å². The summed E-state index contributed by atoms with van der Waals surface area (Å²) in [5.41, 5.74) is 3.23. The number of nitrogens with one attached hydrogen (secondary N) is 1. The molecule has 0 aliphatic carbocycles. The van der Waals surface area contributed by atoms with E-state index >= 15 is 0 Å². The molecule has 1 heterocycles. The number of thioether (sulfide) groups is 1. The molecular weight excluding hydrogens is 352 g/mol. The van der Waals surface area contributed by atoms with E-state index in [1.54, 1.807) is 11.8 Å². The molecule has 25 heavy (non-hydrogen) atoms. The molecule has 2 aromatic rings. The van der Waals surface area contributed by atoms with Gasteiger partial charge in [0.15, 0.2) is 0 Å². The van der Waals surface area contributed by atoms with E-state index in [2.05, 4.69) is 22.3 Å². The summed E-state index contributed by atoms with van der Waals surface area (Å²) in [5.74, 6) is 1.24. The van der Waals surface area contributed by atoms with E-state index in [1.165, 1.54) is 24.9 Å². The highest BCUT2D eigenvalue weighted by Gasteiger charge is 2.11. The normalized spacial score (nSPS) is 14.4. The van der Waals surface area contributed by atoms with Crippen LogP contribution in [0.2, 0.25) is 5.02 Å². The lowest BCUT2D eigenvalue weighted by Gasteiger charge is -2.28. The molecule has 0 bridgehead atoms. The quantitative estimate of drug-likeness (QED) is 0.753. The summed E-state index contributed by atoms with van der Waals surface area (Å²) >= 11 is 7.56. The Hall–Kier alpha value is -1.65. The Morgan fingerprint density at radius 1 is 1.08 bits per heavy atom. The predicted octanol–water partition coefficient (Wildman–Crippen LogP) is 5.20. The number of amides is 1. The fourth-order valence-corrected chi connectivity index (χ4v) is 3.98. The monoisotopic (exact) mass is 374 g/mol. The molecule has 3 rings (SSSR count). The smallest absolute Gasteiger partial charge is 0.234 e. The van der Waals surface area contributed by atoms with E-state index in [0.717, 1.165) is 35.1 Å². The Balaban J connectivity index is 1.44. The van der Waals surface area contributed by atoms with Crippen LogP contribution in [-0.4, -0.2) is 24.7 Å². The summed E-state index contributed by atoms with van der Waals surface area (Å²) in [6.07, 6.45) is 3.86. The van der Waals surface area contributed by atoms with E-state index in [4.69, 9.17) is 11.6 Å². The van der Waals surface area contributed by atoms with Gasteiger partial charge in [-0.05, 0) is 61.2 Å². The average Bonchev–Trinajstić information content (AvgIpc) is 2.63. The first kappa shape index (κ1) is 18.2. The molecule has 132 valence electrons. The van der Waals surface area contributed by atoms with Crippen LogP contribution in [0.15, 0.2) is 48.5 Å².